The van der Waals surface area contributed by atoms with E-state index in [2.05, 4.69) is 62.4 Å². The Morgan fingerprint density at radius 3 is 2.36 bits per heavy atom. The highest BCUT2D eigenvalue weighted by Crippen LogP contribution is 2.55. The van der Waals surface area contributed by atoms with Crippen molar-refractivity contribution in [2.75, 3.05) is 55.9 Å². The summed E-state index contributed by atoms with van der Waals surface area (Å²) in [6.45, 7) is 3.35. The molecule has 78 heavy (non-hydrogen) atoms. The van der Waals surface area contributed by atoms with Crippen LogP contribution in [0.1, 0.15) is 62.0 Å². The molecule has 5 amide bonds. The predicted octanol–water partition coefficient (Wildman–Crippen LogP) is -1.41. The maximum Gasteiger partial charge on any atom is 0.404 e. The minimum atomic E-state index is -1.57. The van der Waals surface area contributed by atoms with Crippen LogP contribution in [0.4, 0.5) is 16.4 Å². The van der Waals surface area contributed by atoms with Gasteiger partial charge in [-0.15, -0.1) is 0 Å². The summed E-state index contributed by atoms with van der Waals surface area (Å²) in [6, 6.07) is 2.78. The fourth-order valence-electron chi connectivity index (χ4n) is 9.07. The third-order valence-corrected chi connectivity index (χ3v) is 15.4. The first-order valence-electron chi connectivity index (χ1n) is 24.3. The number of carbonyl (C=O) groups excluding carboxylic acids is 7. The number of aliphatic carboxylic acids is 2. The number of nitrogens with zero attached hydrogens (tertiary/aromatic N) is 5. The highest BCUT2D eigenvalue weighted by Gasteiger charge is 2.72. The Balaban J connectivity index is 0.751. The summed E-state index contributed by atoms with van der Waals surface area (Å²) in [5.74, 6) is -6.09. The third kappa shape index (κ3) is 13.5. The lowest BCUT2D eigenvalue weighted by atomic mass is 9.82. The van der Waals surface area contributed by atoms with E-state index >= 15 is 0 Å². The van der Waals surface area contributed by atoms with Gasteiger partial charge in [0.2, 0.25) is 35.2 Å². The normalized spacial score (nSPS) is 20.0. The molecule has 1 aliphatic carbocycles. The fraction of sp³-hybridized carbons (Fsp3) is 0.447. The van der Waals surface area contributed by atoms with E-state index in [1.807, 2.05) is 4.90 Å². The molecule has 0 spiro atoms. The van der Waals surface area contributed by atoms with Gasteiger partial charge in [0, 0.05) is 91.7 Å². The first-order chi connectivity index (χ1) is 37.2. The van der Waals surface area contributed by atoms with Crippen LogP contribution in [0.15, 0.2) is 62.9 Å². The number of methoxy groups -OCH3 is 1. The number of aromatic amines is 1. The van der Waals surface area contributed by atoms with Gasteiger partial charge in [-0.2, -0.15) is 10.1 Å². The molecule has 1 aromatic carbocycles. The zero-order chi connectivity index (χ0) is 56.4. The number of aromatic nitrogens is 4. The predicted molar refractivity (Wildman–Crippen MR) is 281 cm³/mol. The molecular weight excluding hydrogens is 1060 g/mol. The Kier molecular flexibility index (Phi) is 18.7. The van der Waals surface area contributed by atoms with Crippen molar-refractivity contribution in [1.29, 1.82) is 0 Å². The summed E-state index contributed by atoms with van der Waals surface area (Å²) in [5.41, 5.74) is 14.0. The highest BCUT2D eigenvalue weighted by molar-refractivity contribution is 8.76. The largest absolute Gasteiger partial charge is 0.480 e. The molecule has 2 saturated heterocycles. The number of anilines is 2. The van der Waals surface area contributed by atoms with Gasteiger partial charge in [-0.1, -0.05) is 21.6 Å². The number of nitrogens with two attached hydrogens (primary N) is 2. The molecule has 2 fully saturated rings. The average molecular weight is 1120 g/mol. The monoisotopic (exact) mass is 1120 g/mol. The zero-order valence-electron chi connectivity index (χ0n) is 42.3. The van der Waals surface area contributed by atoms with Gasteiger partial charge in [-0.05, 0) is 51.0 Å². The summed E-state index contributed by atoms with van der Waals surface area (Å²) in [4.78, 5) is 142. The highest BCUT2D eigenvalue weighted by atomic mass is 33.1. The number of carbonyl (C=O) groups is 9. The molecule has 2 aromatic heterocycles. The molecule has 4 aliphatic rings. The van der Waals surface area contributed by atoms with Crippen LogP contribution in [-0.2, 0) is 49.6 Å². The summed E-state index contributed by atoms with van der Waals surface area (Å²) >= 11 is 0. The van der Waals surface area contributed by atoms with Crippen LogP contribution in [-0.4, -0.2) is 169 Å². The van der Waals surface area contributed by atoms with Gasteiger partial charge < -0.3 is 68.0 Å². The number of piperazine rings is 1. The van der Waals surface area contributed by atoms with Gasteiger partial charge in [0.1, 0.15) is 18.7 Å². The second-order valence-corrected chi connectivity index (χ2v) is 20.9. The number of rotatable bonds is 28. The topological polar surface area (TPSA) is 446 Å². The molecule has 3 aromatic rings. The molecule has 7 rings (SSSR count). The van der Waals surface area contributed by atoms with E-state index in [1.165, 1.54) is 47.0 Å². The lowest BCUT2D eigenvalue weighted by Gasteiger charge is -2.39. The summed E-state index contributed by atoms with van der Waals surface area (Å²) in [7, 11) is 4.35. The lowest BCUT2D eigenvalue weighted by Crippen LogP contribution is -2.55. The molecule has 0 radical (unpaired) electrons. The van der Waals surface area contributed by atoms with E-state index in [0.29, 0.717) is 41.7 Å². The van der Waals surface area contributed by atoms with Crippen LogP contribution in [0.25, 0.3) is 11.2 Å². The van der Waals surface area contributed by atoms with Gasteiger partial charge in [0.05, 0.1) is 41.8 Å². The van der Waals surface area contributed by atoms with Crippen molar-refractivity contribution in [3.8, 4) is 0 Å². The molecule has 31 heteroatoms. The number of allylic oxidation sites excluding steroid dienone is 2. The summed E-state index contributed by atoms with van der Waals surface area (Å²) < 4.78 is 11.2. The fourth-order valence-corrected chi connectivity index (χ4v) is 11.0. The first-order valence-corrected chi connectivity index (χ1v) is 26.7. The number of ether oxygens (including phenoxy) is 2. The molecule has 14 N–H and O–H groups in total. The maximum absolute atomic E-state index is 14.0. The van der Waals surface area contributed by atoms with Gasteiger partial charge in [-0.25, -0.2) is 29.8 Å². The molecule has 416 valence electrons. The van der Waals surface area contributed by atoms with Gasteiger partial charge >= 0.3 is 18.0 Å². The number of nitrogens with one attached hydrogen (secondary N) is 8. The Labute approximate surface area is 451 Å². The van der Waals surface area contributed by atoms with Crippen molar-refractivity contribution in [3.63, 3.8) is 0 Å². The maximum atomic E-state index is 14.0. The third-order valence-electron chi connectivity index (χ3n) is 13.0. The van der Waals surface area contributed by atoms with E-state index < -0.39 is 84.4 Å². The number of Topliss-reactive ketones (excluding diaryl/α,β-unsaturated/α-hetero) is 2. The van der Waals surface area contributed by atoms with Gasteiger partial charge in [-0.3, -0.25) is 38.5 Å². The number of primary amides is 1. The smallest absolute Gasteiger partial charge is 0.404 e. The molecule has 3 aliphatic heterocycles. The minimum Gasteiger partial charge on any atom is -0.480 e. The van der Waals surface area contributed by atoms with Crippen molar-refractivity contribution in [2.24, 2.45) is 16.8 Å². The average Bonchev–Trinajstić information content (AvgIpc) is 3.33. The van der Waals surface area contributed by atoms with Crippen LogP contribution in [0.5, 0.6) is 0 Å². The Morgan fingerprint density at radius 2 is 1.65 bits per heavy atom. The van der Waals surface area contributed by atoms with Crippen LogP contribution in [0.2, 0.25) is 0 Å². The molecule has 0 bridgehead atoms. The zero-order valence-corrected chi connectivity index (χ0v) is 43.9. The number of hydrazone groups is 1. The van der Waals surface area contributed by atoms with Crippen LogP contribution in [0, 0.1) is 5.92 Å². The van der Waals surface area contributed by atoms with E-state index in [-0.39, 0.29) is 107 Å². The molecule has 6 atom stereocenters. The van der Waals surface area contributed by atoms with E-state index in [9.17, 15) is 58.2 Å². The number of ketones is 2. The van der Waals surface area contributed by atoms with Gasteiger partial charge in [0.25, 0.3) is 11.5 Å². The van der Waals surface area contributed by atoms with E-state index in [4.69, 9.17) is 20.9 Å². The minimum absolute atomic E-state index is 0.00481. The number of carboxylic acid groups (broad SMARTS) is 2. The second kappa shape index (κ2) is 25.3. The van der Waals surface area contributed by atoms with E-state index in [0.717, 1.165) is 0 Å². The quantitative estimate of drug-likeness (QED) is 0.00993. The number of amides is 5. The van der Waals surface area contributed by atoms with Crippen LogP contribution >= 0.6 is 21.6 Å². The molecule has 2 unspecified atom stereocenters. The van der Waals surface area contributed by atoms with Crippen molar-refractivity contribution >= 4 is 103 Å². The molecule has 5 heterocycles. The SMILES string of the molecule is CO[C@@]12[C@H](COC(N)=O)C3=C(C(=O)C(C)=C(NCCSSCCC(=O)N/N=C(\C)CCC(=O)NCC(NC(=O)CCC(NC(=O)c4ccc(NCc5cnc6nc(N)[nH]c(=O)c6n5)cc4)C(=O)O)C(=O)O)C3=O)N1C[C@@H]1N[C@@H]12. The van der Waals surface area contributed by atoms with E-state index in [1.54, 1.807) is 26.0 Å². The molecule has 0 saturated carbocycles. The summed E-state index contributed by atoms with van der Waals surface area (Å²) in [5, 5.41) is 39.9. The van der Waals surface area contributed by atoms with Crippen LogP contribution in [0.3, 0.4) is 0 Å². The number of carboxylic acids is 2. The molecular formula is C47H57N15O14S2. The molecule has 29 nitrogen and oxygen atoms in total. The van der Waals surface area contributed by atoms with Crippen molar-refractivity contribution in [1.82, 2.24) is 56.8 Å². The standard InChI is InChI=1S/C47H57N15O14S2/c1-21(60-61-32(65)12-14-77-78-15-13-50-34-22(2)37(66)36-33(38(34)67)26(20-76-46(49)74)47(75-3)39-29(56-39)19-62(36)47)4-10-30(63)52-18-28(44(72)73)55-31(64)11-9-27(43(70)71)57-41(68)23-5-7-24(8-6-23)51-16-25-17-53-40-35(54-25)42(69)59-45(48)58-40/h5-8,17,26-29,39,50-51,56H,4,9-16,18-20H2,1-3H3,(H2,49,74)(H,52,63)(H,55,64)(H,57,68)(H,61,65)(H,70,71)(H,72,73)(H3,48,53,58,59,69)/b60-21+/t26-,27?,28?,29+,39+,47-/m1/s1. The first kappa shape index (κ1) is 57.5. The Hall–Kier alpha value is -8.16. The van der Waals surface area contributed by atoms with Crippen molar-refractivity contribution in [2.45, 2.75) is 82.4 Å². The number of hydrogen-bond acceptors (Lipinski definition) is 23. The van der Waals surface area contributed by atoms with Crippen LogP contribution < -0.4 is 54.4 Å². The number of nitrogen functional groups attached to an aromatic ring is 1. The Morgan fingerprint density at radius 1 is 0.923 bits per heavy atom. The number of benzene rings is 1. The number of H-pyrrole nitrogens is 1. The summed E-state index contributed by atoms with van der Waals surface area (Å²) in [6.07, 6.45) is -0.391. The lowest BCUT2D eigenvalue weighted by molar-refractivity contribution is -0.142. The van der Waals surface area contributed by atoms with Crippen molar-refractivity contribution in [3.05, 3.63) is 74.6 Å². The number of hydrogen-bond donors (Lipinski definition) is 12. The number of fused-ring (bicyclic) bond motifs is 5. The van der Waals surface area contributed by atoms with Gasteiger partial charge in [0.15, 0.2) is 16.9 Å². The Bertz CT molecular complexity index is 3060. The second-order valence-electron chi connectivity index (χ2n) is 18.2. The van der Waals surface area contributed by atoms with Crippen molar-refractivity contribution < 1.29 is 62.8 Å².